The molecule has 0 radical (unpaired) electrons. The number of rotatable bonds is 6. The molecule has 3 nitrogen and oxygen atoms in total. The highest BCUT2D eigenvalue weighted by molar-refractivity contribution is 8.00. The van der Waals surface area contributed by atoms with E-state index in [0.717, 1.165) is 5.75 Å². The number of amides is 1. The number of halogens is 2. The van der Waals surface area contributed by atoms with Gasteiger partial charge in [-0.2, -0.15) is 0 Å². The minimum atomic E-state index is -0.218. The van der Waals surface area contributed by atoms with Crippen molar-refractivity contribution in [3.8, 4) is 0 Å². The zero-order valence-corrected chi connectivity index (χ0v) is 13.1. The summed E-state index contributed by atoms with van der Waals surface area (Å²) in [6.45, 7) is 3.88. The second-order valence-corrected chi connectivity index (χ2v) is 6.59. The van der Waals surface area contributed by atoms with Crippen LogP contribution in [0.1, 0.15) is 13.8 Å². The van der Waals surface area contributed by atoms with Crippen LogP contribution in [0, 0.1) is 5.92 Å². The highest BCUT2D eigenvalue weighted by Crippen LogP contribution is 2.26. The fourth-order valence-corrected chi connectivity index (χ4v) is 2.53. The summed E-state index contributed by atoms with van der Waals surface area (Å²) in [5.41, 5.74) is 0.516. The Labute approximate surface area is 127 Å². The van der Waals surface area contributed by atoms with Crippen LogP contribution in [-0.2, 0) is 4.79 Å². The van der Waals surface area contributed by atoms with Gasteiger partial charge in [-0.1, -0.05) is 30.1 Å². The second-order valence-electron chi connectivity index (χ2n) is 4.38. The average molecular weight is 322 g/mol. The van der Waals surface area contributed by atoms with Gasteiger partial charge in [0.05, 0.1) is 16.0 Å². The molecule has 0 fully saturated rings. The number of thioether (sulfide) groups is 1. The molecule has 0 aliphatic rings. The van der Waals surface area contributed by atoms with E-state index >= 15 is 0 Å². The Morgan fingerprint density at radius 3 is 2.74 bits per heavy atom. The summed E-state index contributed by atoms with van der Waals surface area (Å²) < 4.78 is 0. The highest BCUT2D eigenvalue weighted by Gasteiger charge is 2.16. The molecule has 6 heteroatoms. The zero-order chi connectivity index (χ0) is 14.4. The number of carbonyl (C=O) groups excluding carboxylic acids is 1. The smallest absolute Gasteiger partial charge is 0.237 e. The summed E-state index contributed by atoms with van der Waals surface area (Å²) in [5.74, 6) is 0.781. The van der Waals surface area contributed by atoms with Gasteiger partial charge in [0, 0.05) is 11.6 Å². The quantitative estimate of drug-likeness (QED) is 0.840. The van der Waals surface area contributed by atoms with Crippen LogP contribution in [-0.4, -0.2) is 28.6 Å². The van der Waals surface area contributed by atoms with Crippen molar-refractivity contribution in [2.24, 2.45) is 5.92 Å². The van der Waals surface area contributed by atoms with E-state index in [0.29, 0.717) is 15.7 Å². The van der Waals surface area contributed by atoms with Gasteiger partial charge in [0.15, 0.2) is 0 Å². The van der Waals surface area contributed by atoms with Crippen molar-refractivity contribution in [3.05, 3.63) is 28.2 Å². The van der Waals surface area contributed by atoms with Gasteiger partial charge in [-0.05, 0) is 36.8 Å². The summed E-state index contributed by atoms with van der Waals surface area (Å²) in [5, 5.41) is 12.5. The van der Waals surface area contributed by atoms with E-state index in [4.69, 9.17) is 28.3 Å². The Morgan fingerprint density at radius 1 is 1.42 bits per heavy atom. The molecule has 0 saturated heterocycles. The average Bonchev–Trinajstić information content (AvgIpc) is 2.39. The van der Waals surface area contributed by atoms with Gasteiger partial charge >= 0.3 is 0 Å². The van der Waals surface area contributed by atoms with Crippen molar-refractivity contribution in [2.45, 2.75) is 19.1 Å². The summed E-state index contributed by atoms with van der Waals surface area (Å²) in [7, 11) is 0. The second kappa shape index (κ2) is 8.00. The first kappa shape index (κ1) is 16.6. The van der Waals surface area contributed by atoms with Gasteiger partial charge in [-0.25, -0.2) is 0 Å². The van der Waals surface area contributed by atoms with Gasteiger partial charge < -0.3 is 10.4 Å². The van der Waals surface area contributed by atoms with E-state index in [1.54, 1.807) is 18.2 Å². The van der Waals surface area contributed by atoms with Crippen LogP contribution in [0.25, 0.3) is 0 Å². The molecule has 2 unspecified atom stereocenters. The Balaban J connectivity index is 2.56. The summed E-state index contributed by atoms with van der Waals surface area (Å²) in [6, 6.07) is 4.93. The lowest BCUT2D eigenvalue weighted by Gasteiger charge is -2.14. The predicted molar refractivity (Wildman–Crippen MR) is 83.3 cm³/mol. The molecule has 1 aromatic carbocycles. The van der Waals surface area contributed by atoms with E-state index in [-0.39, 0.29) is 23.7 Å². The standard InChI is InChI=1S/C13H17Cl2NO2S/c1-8(6-17)7-19-9(2)13(18)16-12-5-10(14)3-4-11(12)15/h3-5,8-9,17H,6-7H2,1-2H3,(H,16,18). The van der Waals surface area contributed by atoms with E-state index in [2.05, 4.69) is 5.32 Å². The molecule has 1 amide bonds. The molecule has 19 heavy (non-hydrogen) atoms. The van der Waals surface area contributed by atoms with E-state index in [1.165, 1.54) is 11.8 Å². The lowest BCUT2D eigenvalue weighted by molar-refractivity contribution is -0.115. The van der Waals surface area contributed by atoms with Crippen LogP contribution in [0.2, 0.25) is 10.0 Å². The molecule has 0 aliphatic heterocycles. The normalized spacial score (nSPS) is 13.9. The first-order valence-electron chi connectivity index (χ1n) is 5.92. The number of hydrogen-bond donors (Lipinski definition) is 2. The molecule has 0 heterocycles. The molecule has 0 spiro atoms. The molecular formula is C13H17Cl2NO2S. The zero-order valence-electron chi connectivity index (χ0n) is 10.8. The van der Waals surface area contributed by atoms with Gasteiger partial charge in [0.2, 0.25) is 5.91 Å². The molecule has 0 aliphatic carbocycles. The number of anilines is 1. The molecular weight excluding hydrogens is 305 g/mol. The minimum absolute atomic E-state index is 0.126. The van der Waals surface area contributed by atoms with Crippen LogP contribution in [0.4, 0.5) is 5.69 Å². The number of aliphatic hydroxyl groups excluding tert-OH is 1. The van der Waals surface area contributed by atoms with Crippen LogP contribution in [0.15, 0.2) is 18.2 Å². The maximum atomic E-state index is 12.0. The summed E-state index contributed by atoms with van der Waals surface area (Å²) in [6.07, 6.45) is 0. The van der Waals surface area contributed by atoms with Crippen LogP contribution < -0.4 is 5.32 Å². The fraction of sp³-hybridized carbons (Fsp3) is 0.462. The van der Waals surface area contributed by atoms with Gasteiger partial charge in [-0.3, -0.25) is 4.79 Å². The molecule has 0 saturated carbocycles. The Kier molecular flexibility index (Phi) is 7.00. The van der Waals surface area contributed by atoms with E-state index in [9.17, 15) is 4.79 Å². The predicted octanol–water partition coefficient (Wildman–Crippen LogP) is 3.68. The Bertz CT molecular complexity index is 443. The fourth-order valence-electron chi connectivity index (χ4n) is 1.26. The third-order valence-electron chi connectivity index (χ3n) is 2.50. The number of aliphatic hydroxyl groups is 1. The third-order valence-corrected chi connectivity index (χ3v) is 4.54. The van der Waals surface area contributed by atoms with Gasteiger partial charge in [0.25, 0.3) is 0 Å². The van der Waals surface area contributed by atoms with Crippen molar-refractivity contribution < 1.29 is 9.90 Å². The SMILES string of the molecule is CC(CO)CSC(C)C(=O)Nc1cc(Cl)ccc1Cl. The van der Waals surface area contributed by atoms with E-state index in [1.807, 2.05) is 13.8 Å². The highest BCUT2D eigenvalue weighted by atomic mass is 35.5. The van der Waals surface area contributed by atoms with Crippen LogP contribution in [0.5, 0.6) is 0 Å². The molecule has 1 aromatic rings. The molecule has 2 atom stereocenters. The van der Waals surface area contributed by atoms with Crippen molar-refractivity contribution in [1.82, 2.24) is 0 Å². The number of nitrogens with one attached hydrogen (secondary N) is 1. The molecule has 106 valence electrons. The number of hydrogen-bond acceptors (Lipinski definition) is 3. The van der Waals surface area contributed by atoms with Gasteiger partial charge in [-0.15, -0.1) is 11.8 Å². The van der Waals surface area contributed by atoms with Gasteiger partial charge in [0.1, 0.15) is 0 Å². The van der Waals surface area contributed by atoms with E-state index < -0.39 is 0 Å². The monoisotopic (exact) mass is 321 g/mol. The molecule has 1 rings (SSSR count). The lowest BCUT2D eigenvalue weighted by atomic mass is 10.2. The maximum absolute atomic E-state index is 12.0. The van der Waals surface area contributed by atoms with Crippen LogP contribution in [0.3, 0.4) is 0 Å². The summed E-state index contributed by atoms with van der Waals surface area (Å²) in [4.78, 5) is 12.0. The minimum Gasteiger partial charge on any atom is -0.396 e. The van der Waals surface area contributed by atoms with Crippen molar-refractivity contribution >= 4 is 46.6 Å². The molecule has 2 N–H and O–H groups in total. The van der Waals surface area contributed by atoms with Crippen molar-refractivity contribution in [3.63, 3.8) is 0 Å². The first-order valence-corrected chi connectivity index (χ1v) is 7.73. The third kappa shape index (κ3) is 5.61. The summed E-state index contributed by atoms with van der Waals surface area (Å²) >= 11 is 13.3. The topological polar surface area (TPSA) is 49.3 Å². The molecule has 0 bridgehead atoms. The lowest BCUT2D eigenvalue weighted by Crippen LogP contribution is -2.24. The largest absolute Gasteiger partial charge is 0.396 e. The molecule has 0 aromatic heterocycles. The number of carbonyl (C=O) groups is 1. The Hall–Kier alpha value is -0.420. The van der Waals surface area contributed by atoms with Crippen molar-refractivity contribution in [1.29, 1.82) is 0 Å². The first-order chi connectivity index (χ1) is 8.93. The maximum Gasteiger partial charge on any atom is 0.237 e. The van der Waals surface area contributed by atoms with Crippen LogP contribution >= 0.6 is 35.0 Å². The van der Waals surface area contributed by atoms with Crippen molar-refractivity contribution in [2.75, 3.05) is 17.7 Å². The number of benzene rings is 1. The Morgan fingerprint density at radius 2 is 2.11 bits per heavy atom.